The molecule has 4 bridgehead atoms. The van der Waals surface area contributed by atoms with Crippen molar-refractivity contribution in [3.8, 4) is 5.69 Å². The van der Waals surface area contributed by atoms with Crippen LogP contribution in [0.5, 0.6) is 0 Å². The first-order valence-electron chi connectivity index (χ1n) is 15.0. The second-order valence-electron chi connectivity index (χ2n) is 13.2. The summed E-state index contributed by atoms with van der Waals surface area (Å²) in [5.41, 5.74) is 5.08. The van der Waals surface area contributed by atoms with Gasteiger partial charge in [0.25, 0.3) is 0 Å². The van der Waals surface area contributed by atoms with Crippen LogP contribution in [0.1, 0.15) is 74.2 Å². The number of para-hydroxylation sites is 2. The maximum absolute atomic E-state index is 14.5. The van der Waals surface area contributed by atoms with E-state index in [0.29, 0.717) is 17.8 Å². The van der Waals surface area contributed by atoms with Crippen molar-refractivity contribution in [3.63, 3.8) is 0 Å². The Labute approximate surface area is 230 Å². The summed E-state index contributed by atoms with van der Waals surface area (Å²) >= 11 is 0. The minimum Gasteiger partial charge on any atom is -0.330 e. The van der Waals surface area contributed by atoms with Gasteiger partial charge in [-0.2, -0.15) is 0 Å². The predicted molar refractivity (Wildman–Crippen MR) is 152 cm³/mol. The van der Waals surface area contributed by atoms with Crippen LogP contribution in [0.25, 0.3) is 5.69 Å². The molecule has 0 saturated heterocycles. The molecule has 2 aromatic carbocycles. The van der Waals surface area contributed by atoms with Gasteiger partial charge in [0.1, 0.15) is 12.6 Å². The van der Waals surface area contributed by atoms with E-state index in [-0.39, 0.29) is 35.9 Å². The normalized spacial score (nSPS) is 30.1. The Balaban J connectivity index is 1.16. The largest absolute Gasteiger partial charge is 0.330 e. The lowest BCUT2D eigenvalue weighted by molar-refractivity contribution is -0.159. The Morgan fingerprint density at radius 2 is 1.49 bits per heavy atom. The van der Waals surface area contributed by atoms with Crippen LogP contribution in [-0.4, -0.2) is 33.9 Å². The number of amides is 2. The summed E-state index contributed by atoms with van der Waals surface area (Å²) in [4.78, 5) is 33.0. The van der Waals surface area contributed by atoms with Crippen LogP contribution in [0, 0.1) is 30.1 Å². The highest BCUT2D eigenvalue weighted by Crippen LogP contribution is 2.61. The van der Waals surface area contributed by atoms with Gasteiger partial charge in [0.2, 0.25) is 11.8 Å². The van der Waals surface area contributed by atoms with Gasteiger partial charge in [-0.3, -0.25) is 14.5 Å². The third-order valence-corrected chi connectivity index (χ3v) is 10.4. The van der Waals surface area contributed by atoms with Gasteiger partial charge in [-0.25, -0.2) is 0 Å². The van der Waals surface area contributed by atoms with Crippen molar-refractivity contribution in [2.75, 3.05) is 11.4 Å². The number of carbonyl (C=O) groups is 2. The highest BCUT2D eigenvalue weighted by Gasteiger charge is 2.57. The highest BCUT2D eigenvalue weighted by atomic mass is 16.2. The summed E-state index contributed by atoms with van der Waals surface area (Å²) in [7, 11) is 0. The highest BCUT2D eigenvalue weighted by molar-refractivity contribution is 6.01. The first-order valence-corrected chi connectivity index (χ1v) is 15.0. The number of benzene rings is 2. The Morgan fingerprint density at radius 1 is 0.846 bits per heavy atom. The minimum atomic E-state index is -0.237. The lowest BCUT2D eigenvalue weighted by Gasteiger charge is -2.56. The fourth-order valence-corrected chi connectivity index (χ4v) is 8.98. The molecule has 5 saturated carbocycles. The van der Waals surface area contributed by atoms with Crippen LogP contribution in [0.2, 0.25) is 0 Å². The molecule has 2 heterocycles. The van der Waals surface area contributed by atoms with E-state index in [9.17, 15) is 9.59 Å². The van der Waals surface area contributed by atoms with Crippen molar-refractivity contribution >= 4 is 17.5 Å². The number of hydrogen-bond donors (Lipinski definition) is 0. The fraction of sp³-hybridized carbons (Fsp3) is 0.471. The van der Waals surface area contributed by atoms with E-state index in [1.165, 1.54) is 24.8 Å². The number of rotatable bonds is 5. The molecule has 5 aliphatic carbocycles. The summed E-state index contributed by atoms with van der Waals surface area (Å²) < 4.78 is 2.21. The van der Waals surface area contributed by atoms with Crippen molar-refractivity contribution in [1.82, 2.24) is 9.47 Å². The SMILES string of the molecule is Cc1ccc([C@H]2c3cccn3-c3ccccc3N2C(=O)CN(C(=O)C23CC4CC(CC(C4)C2)C3)C2CC2)cc1. The molecule has 0 spiro atoms. The molecule has 5 heteroatoms. The molecule has 1 aromatic heterocycles. The summed E-state index contributed by atoms with van der Waals surface area (Å²) in [5.74, 6) is 2.45. The Bertz CT molecular complexity index is 1410. The van der Waals surface area contributed by atoms with Gasteiger partial charge in [0, 0.05) is 12.2 Å². The lowest BCUT2D eigenvalue weighted by atomic mass is 9.49. The summed E-state index contributed by atoms with van der Waals surface area (Å²) in [6, 6.07) is 20.9. The molecule has 0 radical (unpaired) electrons. The molecule has 1 atom stereocenters. The molecule has 3 aromatic rings. The summed E-state index contributed by atoms with van der Waals surface area (Å²) in [5, 5.41) is 0. The molecule has 2 amide bonds. The molecule has 5 nitrogen and oxygen atoms in total. The Kier molecular flexibility index (Phi) is 5.18. The lowest BCUT2D eigenvalue weighted by Crippen LogP contribution is -2.57. The van der Waals surface area contributed by atoms with Gasteiger partial charge in [-0.1, -0.05) is 42.0 Å². The van der Waals surface area contributed by atoms with E-state index in [1.807, 2.05) is 21.9 Å². The average Bonchev–Trinajstić information content (AvgIpc) is 3.65. The second-order valence-corrected chi connectivity index (χ2v) is 13.2. The van der Waals surface area contributed by atoms with Crippen molar-refractivity contribution < 1.29 is 9.59 Å². The molecule has 0 unspecified atom stereocenters. The standard InChI is InChI=1S/C34H37N3O2/c1-22-8-10-26(11-9-22)32-30-7-4-14-35(30)28-5-2-3-6-29(28)37(32)31(38)21-36(27-12-13-27)33(39)34-18-23-15-24(19-34)17-25(16-23)20-34/h2-11,14,23-25,27,32H,12-13,15-21H2,1H3/t23?,24?,25?,32-,34?/m0/s1. The Morgan fingerprint density at radius 3 is 2.13 bits per heavy atom. The molecule has 6 aliphatic rings. The zero-order chi connectivity index (χ0) is 26.3. The topological polar surface area (TPSA) is 45.6 Å². The van der Waals surface area contributed by atoms with E-state index in [0.717, 1.165) is 54.7 Å². The van der Waals surface area contributed by atoms with E-state index in [2.05, 4.69) is 66.2 Å². The zero-order valence-electron chi connectivity index (χ0n) is 22.8. The average molecular weight is 520 g/mol. The molecular weight excluding hydrogens is 482 g/mol. The van der Waals surface area contributed by atoms with Gasteiger partial charge in [0.15, 0.2) is 0 Å². The number of fused-ring (bicyclic) bond motifs is 3. The third kappa shape index (κ3) is 3.72. The van der Waals surface area contributed by atoms with E-state index in [1.54, 1.807) is 0 Å². The van der Waals surface area contributed by atoms with Crippen LogP contribution in [-0.2, 0) is 9.59 Å². The van der Waals surface area contributed by atoms with Crippen LogP contribution < -0.4 is 4.90 Å². The van der Waals surface area contributed by atoms with Gasteiger partial charge in [0.05, 0.1) is 22.5 Å². The van der Waals surface area contributed by atoms with Gasteiger partial charge < -0.3 is 9.47 Å². The monoisotopic (exact) mass is 519 g/mol. The maximum atomic E-state index is 14.5. The number of hydrogen-bond acceptors (Lipinski definition) is 2. The summed E-state index contributed by atoms with van der Waals surface area (Å²) in [6.07, 6.45) is 11.2. The first kappa shape index (κ1) is 23.5. The third-order valence-electron chi connectivity index (χ3n) is 10.4. The van der Waals surface area contributed by atoms with Crippen molar-refractivity contribution in [2.24, 2.45) is 23.2 Å². The summed E-state index contributed by atoms with van der Waals surface area (Å²) in [6.45, 7) is 2.26. The smallest absolute Gasteiger partial charge is 0.247 e. The number of carbonyl (C=O) groups excluding carboxylic acids is 2. The maximum Gasteiger partial charge on any atom is 0.247 e. The van der Waals surface area contributed by atoms with Gasteiger partial charge in [-0.05, 0) is 106 Å². The van der Waals surface area contributed by atoms with Crippen LogP contribution in [0.4, 0.5) is 5.69 Å². The Hall–Kier alpha value is -3.34. The molecule has 9 rings (SSSR count). The number of aromatic nitrogens is 1. The van der Waals surface area contributed by atoms with Crippen molar-refractivity contribution in [1.29, 1.82) is 0 Å². The quantitative estimate of drug-likeness (QED) is 0.390. The molecule has 39 heavy (non-hydrogen) atoms. The zero-order valence-corrected chi connectivity index (χ0v) is 22.8. The predicted octanol–water partition coefficient (Wildman–Crippen LogP) is 6.43. The van der Waals surface area contributed by atoms with E-state index in [4.69, 9.17) is 0 Å². The van der Waals surface area contributed by atoms with Crippen LogP contribution in [0.3, 0.4) is 0 Å². The molecule has 5 fully saturated rings. The first-order chi connectivity index (χ1) is 19.0. The van der Waals surface area contributed by atoms with E-state index >= 15 is 0 Å². The van der Waals surface area contributed by atoms with E-state index < -0.39 is 0 Å². The molecular formula is C34H37N3O2. The second kappa shape index (κ2) is 8.58. The van der Waals surface area contributed by atoms with Gasteiger partial charge in [-0.15, -0.1) is 0 Å². The molecule has 200 valence electrons. The van der Waals surface area contributed by atoms with Crippen LogP contribution in [0.15, 0.2) is 66.9 Å². The molecule has 0 N–H and O–H groups in total. The number of anilines is 1. The number of nitrogens with zero attached hydrogens (tertiary/aromatic N) is 3. The van der Waals surface area contributed by atoms with Crippen molar-refractivity contribution in [3.05, 3.63) is 83.7 Å². The van der Waals surface area contributed by atoms with Crippen molar-refractivity contribution in [2.45, 2.75) is 70.4 Å². The van der Waals surface area contributed by atoms with Gasteiger partial charge >= 0.3 is 0 Å². The fourth-order valence-electron chi connectivity index (χ4n) is 8.98. The van der Waals surface area contributed by atoms with Crippen LogP contribution >= 0.6 is 0 Å². The number of aryl methyl sites for hydroxylation is 1. The minimum absolute atomic E-state index is 0.0189. The molecule has 1 aliphatic heterocycles.